The number of rotatable bonds is 7. The van der Waals surface area contributed by atoms with E-state index in [1.54, 1.807) is 24.5 Å². The van der Waals surface area contributed by atoms with E-state index < -0.39 is 0 Å². The molecule has 0 aromatic carbocycles. The maximum absolute atomic E-state index is 11.9. The number of amides is 2. The molecule has 2 amide bonds. The van der Waals surface area contributed by atoms with Crippen LogP contribution < -0.4 is 10.6 Å². The van der Waals surface area contributed by atoms with Crippen molar-refractivity contribution in [2.24, 2.45) is 5.92 Å². The zero-order valence-electron chi connectivity index (χ0n) is 13.4. The predicted molar refractivity (Wildman–Crippen MR) is 91.4 cm³/mol. The molecular formula is C18H20N4O2. The Hall–Kier alpha value is -2.76. The molecule has 1 aliphatic carbocycles. The van der Waals surface area contributed by atoms with Crippen LogP contribution in [-0.2, 0) is 16.0 Å². The summed E-state index contributed by atoms with van der Waals surface area (Å²) in [5.74, 6) is 0.627. The number of nitrogens with one attached hydrogen (secondary N) is 2. The van der Waals surface area contributed by atoms with E-state index in [0.717, 1.165) is 31.4 Å². The molecule has 1 saturated carbocycles. The third-order valence-electron chi connectivity index (χ3n) is 3.81. The Kier molecular flexibility index (Phi) is 5.15. The average Bonchev–Trinajstić information content (AvgIpc) is 3.43. The molecule has 2 aromatic heterocycles. The van der Waals surface area contributed by atoms with Crippen LogP contribution in [-0.4, -0.2) is 21.8 Å². The van der Waals surface area contributed by atoms with Gasteiger partial charge in [0, 0.05) is 24.2 Å². The van der Waals surface area contributed by atoms with E-state index in [9.17, 15) is 9.59 Å². The number of carbonyl (C=O) groups is 2. The number of aryl methyl sites for hydroxylation is 1. The summed E-state index contributed by atoms with van der Waals surface area (Å²) in [5, 5.41) is 5.58. The highest BCUT2D eigenvalue weighted by molar-refractivity contribution is 5.94. The lowest BCUT2D eigenvalue weighted by Gasteiger charge is -2.07. The molecule has 3 rings (SSSR count). The van der Waals surface area contributed by atoms with Crippen LogP contribution >= 0.6 is 0 Å². The van der Waals surface area contributed by atoms with Crippen molar-refractivity contribution in [1.29, 1.82) is 0 Å². The van der Waals surface area contributed by atoms with Gasteiger partial charge in [0.05, 0.1) is 11.9 Å². The molecule has 0 saturated heterocycles. The van der Waals surface area contributed by atoms with Crippen LogP contribution in [0.5, 0.6) is 0 Å². The lowest BCUT2D eigenvalue weighted by molar-refractivity contribution is -0.117. The molecule has 0 atom stereocenters. The minimum Gasteiger partial charge on any atom is -0.325 e. The predicted octanol–water partition coefficient (Wildman–Crippen LogP) is 2.79. The Morgan fingerprint density at radius 1 is 1.08 bits per heavy atom. The van der Waals surface area contributed by atoms with E-state index >= 15 is 0 Å². The topological polar surface area (TPSA) is 84.0 Å². The smallest absolute Gasteiger partial charge is 0.228 e. The van der Waals surface area contributed by atoms with Gasteiger partial charge in [-0.3, -0.25) is 14.6 Å². The molecule has 2 heterocycles. The molecule has 0 aliphatic heterocycles. The number of pyridine rings is 2. The van der Waals surface area contributed by atoms with Gasteiger partial charge in [-0.25, -0.2) is 4.98 Å². The van der Waals surface area contributed by atoms with Gasteiger partial charge in [-0.05, 0) is 49.9 Å². The molecule has 6 nitrogen and oxygen atoms in total. The van der Waals surface area contributed by atoms with Gasteiger partial charge in [0.1, 0.15) is 5.82 Å². The number of aromatic nitrogens is 2. The summed E-state index contributed by atoms with van der Waals surface area (Å²) in [4.78, 5) is 32.0. The van der Waals surface area contributed by atoms with Crippen LogP contribution in [0.4, 0.5) is 11.5 Å². The van der Waals surface area contributed by atoms with Gasteiger partial charge in [-0.1, -0.05) is 6.07 Å². The second-order valence-electron chi connectivity index (χ2n) is 5.92. The molecule has 2 N–H and O–H groups in total. The second kappa shape index (κ2) is 7.68. The van der Waals surface area contributed by atoms with Crippen molar-refractivity contribution in [2.75, 3.05) is 10.6 Å². The van der Waals surface area contributed by atoms with Gasteiger partial charge in [0.25, 0.3) is 0 Å². The largest absolute Gasteiger partial charge is 0.325 e. The van der Waals surface area contributed by atoms with Crippen LogP contribution in [0, 0.1) is 5.92 Å². The monoisotopic (exact) mass is 324 g/mol. The fourth-order valence-corrected chi connectivity index (χ4v) is 2.32. The van der Waals surface area contributed by atoms with Gasteiger partial charge >= 0.3 is 0 Å². The summed E-state index contributed by atoms with van der Waals surface area (Å²) in [5.41, 5.74) is 1.62. The molecule has 0 unspecified atom stereocenters. The first-order chi connectivity index (χ1) is 11.7. The maximum Gasteiger partial charge on any atom is 0.228 e. The van der Waals surface area contributed by atoms with Gasteiger partial charge in [-0.2, -0.15) is 0 Å². The van der Waals surface area contributed by atoms with Crippen molar-refractivity contribution in [3.8, 4) is 0 Å². The fourth-order valence-electron chi connectivity index (χ4n) is 2.32. The van der Waals surface area contributed by atoms with Crippen molar-refractivity contribution in [1.82, 2.24) is 9.97 Å². The summed E-state index contributed by atoms with van der Waals surface area (Å²) >= 11 is 0. The zero-order valence-corrected chi connectivity index (χ0v) is 13.4. The Labute approximate surface area is 140 Å². The highest BCUT2D eigenvalue weighted by Gasteiger charge is 2.29. The average molecular weight is 324 g/mol. The number of nitrogens with zero attached hydrogens (tertiary/aromatic N) is 2. The Balaban J connectivity index is 1.41. The lowest BCUT2D eigenvalue weighted by atomic mass is 10.1. The van der Waals surface area contributed by atoms with Crippen LogP contribution in [0.25, 0.3) is 0 Å². The minimum atomic E-state index is -0.0532. The lowest BCUT2D eigenvalue weighted by Crippen LogP contribution is -2.15. The number of carbonyl (C=O) groups excluding carboxylic acids is 2. The number of hydrogen-bond acceptors (Lipinski definition) is 4. The first-order valence-electron chi connectivity index (χ1n) is 8.17. The van der Waals surface area contributed by atoms with Crippen molar-refractivity contribution in [3.05, 3.63) is 48.4 Å². The van der Waals surface area contributed by atoms with Gasteiger partial charge in [0.2, 0.25) is 11.8 Å². The van der Waals surface area contributed by atoms with Crippen LogP contribution in [0.2, 0.25) is 0 Å². The third-order valence-corrected chi connectivity index (χ3v) is 3.81. The van der Waals surface area contributed by atoms with Crippen LogP contribution in [0.15, 0.2) is 42.7 Å². The number of anilines is 2. The normalized spacial score (nSPS) is 13.3. The minimum absolute atomic E-state index is 0.0220. The molecule has 1 fully saturated rings. The van der Waals surface area contributed by atoms with E-state index in [1.807, 2.05) is 18.2 Å². The van der Waals surface area contributed by atoms with Crippen LogP contribution in [0.3, 0.4) is 0 Å². The van der Waals surface area contributed by atoms with E-state index in [1.165, 1.54) is 0 Å². The summed E-state index contributed by atoms with van der Waals surface area (Å²) in [6.07, 6.45) is 7.17. The molecular weight excluding hydrogens is 304 g/mol. The number of hydrogen-bond donors (Lipinski definition) is 2. The van der Waals surface area contributed by atoms with Crippen molar-refractivity contribution >= 4 is 23.3 Å². The highest BCUT2D eigenvalue weighted by atomic mass is 16.2. The molecule has 1 aliphatic rings. The molecule has 124 valence electrons. The highest BCUT2D eigenvalue weighted by Crippen LogP contribution is 2.29. The van der Waals surface area contributed by atoms with E-state index in [0.29, 0.717) is 17.9 Å². The first kappa shape index (κ1) is 16.1. The summed E-state index contributed by atoms with van der Waals surface area (Å²) in [6, 6.07) is 9.21. The first-order valence-corrected chi connectivity index (χ1v) is 8.17. The molecule has 0 radical (unpaired) electrons. The van der Waals surface area contributed by atoms with Gasteiger partial charge in [-0.15, -0.1) is 0 Å². The van der Waals surface area contributed by atoms with Crippen molar-refractivity contribution in [3.63, 3.8) is 0 Å². The zero-order chi connectivity index (χ0) is 16.8. The molecule has 24 heavy (non-hydrogen) atoms. The van der Waals surface area contributed by atoms with E-state index in [-0.39, 0.29) is 17.7 Å². The third kappa shape index (κ3) is 4.87. The Bertz CT molecular complexity index is 697. The van der Waals surface area contributed by atoms with Gasteiger partial charge < -0.3 is 10.6 Å². The van der Waals surface area contributed by atoms with Crippen LogP contribution in [0.1, 0.15) is 31.4 Å². The molecule has 2 aromatic rings. The quantitative estimate of drug-likeness (QED) is 0.820. The summed E-state index contributed by atoms with van der Waals surface area (Å²) in [6.45, 7) is 0. The second-order valence-corrected chi connectivity index (χ2v) is 5.92. The molecule has 0 spiro atoms. The van der Waals surface area contributed by atoms with E-state index in [2.05, 4.69) is 20.6 Å². The molecule has 6 heteroatoms. The Morgan fingerprint density at radius 2 is 1.96 bits per heavy atom. The SMILES string of the molecule is O=C(CCCc1ccccn1)Nc1ccc(NC(=O)C2CC2)nc1. The van der Waals surface area contributed by atoms with Gasteiger partial charge in [0.15, 0.2) is 0 Å². The Morgan fingerprint density at radius 3 is 2.62 bits per heavy atom. The summed E-state index contributed by atoms with van der Waals surface area (Å²) in [7, 11) is 0. The van der Waals surface area contributed by atoms with Crippen molar-refractivity contribution in [2.45, 2.75) is 32.1 Å². The molecule has 0 bridgehead atoms. The fraction of sp³-hybridized carbons (Fsp3) is 0.333. The maximum atomic E-state index is 11.9. The van der Waals surface area contributed by atoms with E-state index in [4.69, 9.17) is 0 Å². The summed E-state index contributed by atoms with van der Waals surface area (Å²) < 4.78 is 0. The van der Waals surface area contributed by atoms with Crippen molar-refractivity contribution < 1.29 is 9.59 Å². The standard InChI is InChI=1S/C18H20N4O2/c23-17(6-3-5-14-4-1-2-11-19-14)21-15-9-10-16(20-12-15)22-18(24)13-7-8-13/h1-2,4,9-13H,3,5-8H2,(H,21,23)(H,20,22,24).